The smallest absolute Gasteiger partial charge is 0.160 e. The minimum atomic E-state index is 0.237. The molecule has 0 bridgehead atoms. The minimum Gasteiger partial charge on any atom is -0.504 e. The monoisotopic (exact) mass is 306 g/mol. The predicted octanol–water partition coefficient (Wildman–Crippen LogP) is 6.47. The number of hydrogen-bond acceptors (Lipinski definition) is 2. The lowest BCUT2D eigenvalue weighted by Gasteiger charge is -2.07. The van der Waals surface area contributed by atoms with Gasteiger partial charge in [-0.15, -0.1) is 0 Å². The second-order valence-corrected chi connectivity index (χ2v) is 6.21. The van der Waals surface area contributed by atoms with Gasteiger partial charge in [-0.05, 0) is 18.6 Å². The number of para-hydroxylation sites is 2. The lowest BCUT2D eigenvalue weighted by Crippen LogP contribution is -1.97. The summed E-state index contributed by atoms with van der Waals surface area (Å²) < 4.78 is 5.58. The molecule has 0 saturated heterocycles. The quantitative estimate of drug-likeness (QED) is 0.399. The highest BCUT2D eigenvalue weighted by atomic mass is 16.5. The van der Waals surface area contributed by atoms with Crippen LogP contribution in [0.1, 0.15) is 84.0 Å². The van der Waals surface area contributed by atoms with Gasteiger partial charge in [-0.3, -0.25) is 0 Å². The molecule has 0 fully saturated rings. The van der Waals surface area contributed by atoms with E-state index in [1.807, 2.05) is 18.2 Å². The van der Waals surface area contributed by atoms with Gasteiger partial charge < -0.3 is 9.84 Å². The van der Waals surface area contributed by atoms with E-state index < -0.39 is 0 Å². The van der Waals surface area contributed by atoms with Crippen molar-refractivity contribution in [2.24, 2.45) is 0 Å². The van der Waals surface area contributed by atoms with Crippen LogP contribution in [0, 0.1) is 0 Å². The van der Waals surface area contributed by atoms with Gasteiger partial charge in [-0.1, -0.05) is 89.7 Å². The molecule has 1 aromatic carbocycles. The molecule has 0 spiro atoms. The number of benzene rings is 1. The number of unbranched alkanes of at least 4 members (excludes halogenated alkanes) is 11. The Kier molecular flexibility index (Phi) is 11.6. The molecule has 22 heavy (non-hydrogen) atoms. The summed E-state index contributed by atoms with van der Waals surface area (Å²) in [4.78, 5) is 0. The van der Waals surface area contributed by atoms with E-state index >= 15 is 0 Å². The van der Waals surface area contributed by atoms with Crippen molar-refractivity contribution in [2.45, 2.75) is 84.0 Å². The first-order valence-electron chi connectivity index (χ1n) is 9.25. The van der Waals surface area contributed by atoms with Crippen molar-refractivity contribution in [3.8, 4) is 11.5 Å². The van der Waals surface area contributed by atoms with E-state index in [0.717, 1.165) is 6.42 Å². The zero-order chi connectivity index (χ0) is 15.9. The fourth-order valence-electron chi connectivity index (χ4n) is 2.70. The Morgan fingerprint density at radius 3 is 1.77 bits per heavy atom. The first-order valence-corrected chi connectivity index (χ1v) is 9.25. The second kappa shape index (κ2) is 13.5. The van der Waals surface area contributed by atoms with E-state index in [2.05, 4.69) is 6.92 Å². The Labute approximate surface area is 136 Å². The Morgan fingerprint density at radius 2 is 1.23 bits per heavy atom. The van der Waals surface area contributed by atoms with Crippen molar-refractivity contribution in [3.63, 3.8) is 0 Å². The van der Waals surface area contributed by atoms with E-state index in [9.17, 15) is 5.11 Å². The SMILES string of the molecule is CCCCCCCCCCCCCCOc1ccccc1O. The molecule has 0 radical (unpaired) electrons. The molecule has 2 heteroatoms. The van der Waals surface area contributed by atoms with Crippen molar-refractivity contribution in [1.29, 1.82) is 0 Å². The van der Waals surface area contributed by atoms with Crippen molar-refractivity contribution < 1.29 is 9.84 Å². The zero-order valence-electron chi connectivity index (χ0n) is 14.4. The van der Waals surface area contributed by atoms with Gasteiger partial charge in [0, 0.05) is 0 Å². The molecule has 0 unspecified atom stereocenters. The molecule has 0 heterocycles. The lowest BCUT2D eigenvalue weighted by molar-refractivity contribution is 0.288. The van der Waals surface area contributed by atoms with Crippen LogP contribution in [-0.4, -0.2) is 11.7 Å². The summed E-state index contributed by atoms with van der Waals surface area (Å²) in [6.45, 7) is 2.97. The summed E-state index contributed by atoms with van der Waals surface area (Å²) >= 11 is 0. The molecule has 1 aromatic rings. The number of ether oxygens (including phenoxy) is 1. The summed E-state index contributed by atoms with van der Waals surface area (Å²) in [6.07, 6.45) is 16.2. The normalized spacial score (nSPS) is 10.8. The van der Waals surface area contributed by atoms with Gasteiger partial charge in [0.25, 0.3) is 0 Å². The Bertz CT molecular complexity index is 362. The number of phenolic OH excluding ortho intramolecular Hbond substituents is 1. The molecular formula is C20H34O2. The number of phenols is 1. The molecule has 2 nitrogen and oxygen atoms in total. The van der Waals surface area contributed by atoms with Gasteiger partial charge in [-0.25, -0.2) is 0 Å². The zero-order valence-corrected chi connectivity index (χ0v) is 14.4. The largest absolute Gasteiger partial charge is 0.504 e. The number of rotatable bonds is 14. The predicted molar refractivity (Wildman–Crippen MR) is 94.7 cm³/mol. The molecule has 1 rings (SSSR count). The van der Waals surface area contributed by atoms with Crippen LogP contribution >= 0.6 is 0 Å². The highest BCUT2D eigenvalue weighted by Crippen LogP contribution is 2.24. The summed E-state index contributed by atoms with van der Waals surface area (Å²) in [7, 11) is 0. The molecule has 1 N–H and O–H groups in total. The van der Waals surface area contributed by atoms with E-state index in [-0.39, 0.29) is 5.75 Å². The van der Waals surface area contributed by atoms with Crippen LogP contribution in [0.15, 0.2) is 24.3 Å². The van der Waals surface area contributed by atoms with Crippen molar-refractivity contribution in [1.82, 2.24) is 0 Å². The van der Waals surface area contributed by atoms with Crippen LogP contribution in [0.2, 0.25) is 0 Å². The topological polar surface area (TPSA) is 29.5 Å². The maximum absolute atomic E-state index is 9.58. The average molecular weight is 306 g/mol. The van der Waals surface area contributed by atoms with E-state index in [0.29, 0.717) is 12.4 Å². The Hall–Kier alpha value is -1.18. The van der Waals surface area contributed by atoms with E-state index in [1.54, 1.807) is 6.07 Å². The molecule has 0 aliphatic heterocycles. The molecule has 0 atom stereocenters. The number of hydrogen-bond donors (Lipinski definition) is 1. The Balaban J connectivity index is 1.81. The molecule has 0 amide bonds. The van der Waals surface area contributed by atoms with Gasteiger partial charge in [0.2, 0.25) is 0 Å². The third-order valence-electron chi connectivity index (χ3n) is 4.12. The third kappa shape index (κ3) is 9.70. The number of aromatic hydroxyl groups is 1. The van der Waals surface area contributed by atoms with Crippen LogP contribution < -0.4 is 4.74 Å². The summed E-state index contributed by atoms with van der Waals surface area (Å²) in [5.74, 6) is 0.840. The lowest BCUT2D eigenvalue weighted by atomic mass is 10.1. The fourth-order valence-corrected chi connectivity index (χ4v) is 2.70. The summed E-state index contributed by atoms with van der Waals surface area (Å²) in [6, 6.07) is 7.18. The van der Waals surface area contributed by atoms with E-state index in [4.69, 9.17) is 4.74 Å². The van der Waals surface area contributed by atoms with Gasteiger partial charge in [0.05, 0.1) is 6.61 Å². The van der Waals surface area contributed by atoms with Gasteiger partial charge in [0.15, 0.2) is 11.5 Å². The summed E-state index contributed by atoms with van der Waals surface area (Å²) in [5, 5.41) is 9.58. The minimum absolute atomic E-state index is 0.237. The maximum Gasteiger partial charge on any atom is 0.160 e. The Morgan fingerprint density at radius 1 is 0.727 bits per heavy atom. The van der Waals surface area contributed by atoms with Crippen LogP contribution in [0.25, 0.3) is 0 Å². The van der Waals surface area contributed by atoms with Crippen molar-refractivity contribution >= 4 is 0 Å². The third-order valence-corrected chi connectivity index (χ3v) is 4.12. The van der Waals surface area contributed by atoms with Gasteiger partial charge in [-0.2, -0.15) is 0 Å². The van der Waals surface area contributed by atoms with Gasteiger partial charge >= 0.3 is 0 Å². The van der Waals surface area contributed by atoms with Crippen molar-refractivity contribution in [2.75, 3.05) is 6.61 Å². The maximum atomic E-state index is 9.58. The van der Waals surface area contributed by atoms with Crippen molar-refractivity contribution in [3.05, 3.63) is 24.3 Å². The summed E-state index contributed by atoms with van der Waals surface area (Å²) in [5.41, 5.74) is 0. The standard InChI is InChI=1S/C20H34O2/c1-2-3-4-5-6-7-8-9-10-11-12-15-18-22-20-17-14-13-16-19(20)21/h13-14,16-17,21H,2-12,15,18H2,1H3. The fraction of sp³-hybridized carbons (Fsp3) is 0.700. The molecule has 0 aliphatic carbocycles. The molecule has 126 valence electrons. The molecule has 0 saturated carbocycles. The average Bonchev–Trinajstić information content (AvgIpc) is 2.53. The highest BCUT2D eigenvalue weighted by molar-refractivity contribution is 5.37. The van der Waals surface area contributed by atoms with E-state index in [1.165, 1.54) is 70.6 Å². The van der Waals surface area contributed by atoms with Crippen LogP contribution in [0.3, 0.4) is 0 Å². The van der Waals surface area contributed by atoms with Gasteiger partial charge in [0.1, 0.15) is 0 Å². The van der Waals surface area contributed by atoms with Crippen LogP contribution in [0.5, 0.6) is 11.5 Å². The van der Waals surface area contributed by atoms with Crippen LogP contribution in [-0.2, 0) is 0 Å². The first-order chi connectivity index (χ1) is 10.8. The molecule has 0 aliphatic rings. The molecule has 0 aromatic heterocycles. The van der Waals surface area contributed by atoms with Crippen LogP contribution in [0.4, 0.5) is 0 Å². The first kappa shape index (κ1) is 18.9. The second-order valence-electron chi connectivity index (χ2n) is 6.21. The highest BCUT2D eigenvalue weighted by Gasteiger charge is 1.99. The molecular weight excluding hydrogens is 272 g/mol.